The summed E-state index contributed by atoms with van der Waals surface area (Å²) in [6.07, 6.45) is 0.657. The molecule has 5 rings (SSSR count). The molecule has 1 aliphatic heterocycles. The molecule has 0 spiro atoms. The highest BCUT2D eigenvalue weighted by molar-refractivity contribution is 7.86. The molecule has 1 heterocycles. The van der Waals surface area contributed by atoms with E-state index >= 15 is 0 Å². The lowest BCUT2D eigenvalue weighted by Crippen LogP contribution is -2.49. The van der Waals surface area contributed by atoms with Gasteiger partial charge in [0.15, 0.2) is 5.75 Å². The maximum atomic E-state index is 14.0. The van der Waals surface area contributed by atoms with Gasteiger partial charge in [-0.25, -0.2) is 4.79 Å². The Morgan fingerprint density at radius 3 is 1.97 bits per heavy atom. The lowest BCUT2D eigenvalue weighted by Gasteiger charge is -2.26. The van der Waals surface area contributed by atoms with Crippen molar-refractivity contribution in [3.8, 4) is 16.9 Å². The molecule has 0 bridgehead atoms. The van der Waals surface area contributed by atoms with Crippen LogP contribution in [0, 0.1) is 13.8 Å². The van der Waals surface area contributed by atoms with Crippen LogP contribution in [-0.4, -0.2) is 158 Å². The van der Waals surface area contributed by atoms with E-state index in [0.29, 0.717) is 70.0 Å². The lowest BCUT2D eigenvalue weighted by molar-refractivity contribution is -0.138. The van der Waals surface area contributed by atoms with Gasteiger partial charge in [0.05, 0.1) is 24.2 Å². The van der Waals surface area contributed by atoms with Crippen molar-refractivity contribution < 1.29 is 69.3 Å². The molecule has 3 amide bonds. The van der Waals surface area contributed by atoms with E-state index < -0.39 is 66.9 Å². The SMILES string of the molecule is C.Cc1cc(-c2ccc(NC(=O)[C@@H](CCCCNC(=O)OC(C)(C)C)NC(=O)CN3CCN(COC=O)CCN(CC(=O)O)CC3)c(C)c2)ccc1N=Nc1ccc2c(S(=O)(=O)O)ccc(N)c2c1O.O=S(=O)=O. The van der Waals surface area contributed by atoms with E-state index in [0.717, 1.165) is 28.3 Å². The molecule has 404 valence electrons. The van der Waals surface area contributed by atoms with Crippen molar-refractivity contribution >= 4 is 84.6 Å². The molecule has 0 aromatic heterocycles. The first kappa shape index (κ1) is 61.2. The summed E-state index contributed by atoms with van der Waals surface area (Å²) in [5, 5.41) is 37.6. The van der Waals surface area contributed by atoms with E-state index in [9.17, 15) is 47.2 Å². The van der Waals surface area contributed by atoms with E-state index in [-0.39, 0.29) is 62.4 Å². The molecule has 1 fully saturated rings. The maximum absolute atomic E-state index is 14.0. The predicted molar refractivity (Wildman–Crippen MR) is 275 cm³/mol. The van der Waals surface area contributed by atoms with Crippen molar-refractivity contribution in [1.82, 2.24) is 25.3 Å². The Morgan fingerprint density at radius 2 is 1.41 bits per heavy atom. The number of nitrogens with two attached hydrogens (primary N) is 1. The Labute approximate surface area is 431 Å². The van der Waals surface area contributed by atoms with E-state index in [2.05, 4.69) is 26.2 Å². The second-order valence-electron chi connectivity index (χ2n) is 17.9. The molecule has 24 nitrogen and oxygen atoms in total. The van der Waals surface area contributed by atoms with Crippen LogP contribution >= 0.6 is 0 Å². The molecular weight excluding hydrogens is 1010 g/mol. The fraction of sp³-hybridized carbons (Fsp3) is 0.438. The van der Waals surface area contributed by atoms with E-state index in [4.69, 9.17) is 27.8 Å². The molecule has 26 heteroatoms. The molecule has 8 N–H and O–H groups in total. The average molecular weight is 1070 g/mol. The lowest BCUT2D eigenvalue weighted by atomic mass is 10.00. The topological polar surface area (TPSA) is 346 Å². The van der Waals surface area contributed by atoms with E-state index in [1.165, 1.54) is 18.2 Å². The van der Waals surface area contributed by atoms with Gasteiger partial charge >= 0.3 is 22.7 Å². The summed E-state index contributed by atoms with van der Waals surface area (Å²) in [5.41, 5.74) is 9.65. The number of ether oxygens (including phenoxy) is 2. The van der Waals surface area contributed by atoms with Crippen molar-refractivity contribution in [1.29, 1.82) is 0 Å². The molecule has 0 aliphatic carbocycles. The van der Waals surface area contributed by atoms with Gasteiger partial charge in [0, 0.05) is 62.6 Å². The first-order valence-corrected chi connectivity index (χ1v) is 25.2. The number of carbonyl (C=O) groups is 5. The number of rotatable bonds is 19. The number of alkyl carbamates (subject to hydrolysis) is 1. The van der Waals surface area contributed by atoms with Crippen LogP contribution in [0.25, 0.3) is 21.9 Å². The largest absolute Gasteiger partial charge is 0.505 e. The fourth-order valence-corrected chi connectivity index (χ4v) is 8.31. The van der Waals surface area contributed by atoms with Crippen LogP contribution in [0.4, 0.5) is 27.5 Å². The summed E-state index contributed by atoms with van der Waals surface area (Å²) in [5.74, 6) is -2.25. The summed E-state index contributed by atoms with van der Waals surface area (Å²) in [6.45, 7) is 11.8. The van der Waals surface area contributed by atoms with Gasteiger partial charge in [-0.3, -0.25) is 38.4 Å². The summed E-state index contributed by atoms with van der Waals surface area (Å²) in [7, 11) is -7.71. The van der Waals surface area contributed by atoms with Gasteiger partial charge in [0.1, 0.15) is 29.0 Å². The molecule has 1 atom stereocenters. The number of hydrogen-bond acceptors (Lipinski definition) is 19. The molecule has 0 radical (unpaired) electrons. The zero-order valence-electron chi connectivity index (χ0n) is 41.0. The molecule has 74 heavy (non-hydrogen) atoms. The average Bonchev–Trinajstić information content (AvgIpc) is 3.37. The van der Waals surface area contributed by atoms with Crippen LogP contribution in [-0.2, 0) is 49.4 Å². The molecule has 4 aromatic rings. The number of carbonyl (C=O) groups excluding carboxylic acids is 4. The van der Waals surface area contributed by atoms with Gasteiger partial charge in [0.25, 0.3) is 16.6 Å². The third kappa shape index (κ3) is 19.7. The summed E-state index contributed by atoms with van der Waals surface area (Å²) in [6, 6.07) is 15.2. The number of azo groups is 1. The monoisotopic (exact) mass is 1070 g/mol. The number of nitrogens with zero attached hydrogens (tertiary/aromatic N) is 5. The summed E-state index contributed by atoms with van der Waals surface area (Å²) < 4.78 is 69.1. The number of nitrogen functional groups attached to an aromatic ring is 1. The van der Waals surface area contributed by atoms with Crippen molar-refractivity contribution in [2.24, 2.45) is 10.2 Å². The number of anilines is 2. The number of carboxylic acids is 1. The standard InChI is InChI=1S/C47H61N9O12S.CH4.O3S/c1-30-24-32(33-10-14-37(31(2)25-33)52-53-38-15-11-34-40(69(64,65)66)16-12-35(48)43(34)44(38)61)9-13-36(30)51-45(62)39(8-6-7-17-49-46(63)68-47(3,4)5)50-41(58)26-54-18-19-55(27-42(59)60)21-23-56(22-20-54)28-67-29-57;;1-4(2)3/h9-16,24-25,29,39,61H,6-8,17-23,26-28,48H2,1-5H3,(H,49,63)(H,50,58)(H,51,62)(H,59,60)(H,64,65,66);1H4;/t39-;;/m1../s1. The van der Waals surface area contributed by atoms with Crippen LogP contribution in [0.2, 0.25) is 0 Å². The third-order valence-corrected chi connectivity index (χ3v) is 12.1. The van der Waals surface area contributed by atoms with Gasteiger partial charge in [-0.2, -0.15) is 13.5 Å². The number of nitrogens with one attached hydrogen (secondary N) is 3. The Bertz CT molecular complexity index is 2890. The number of amides is 3. The summed E-state index contributed by atoms with van der Waals surface area (Å²) >= 11 is 0. The van der Waals surface area contributed by atoms with Gasteiger partial charge in [-0.1, -0.05) is 25.6 Å². The number of fused-ring (bicyclic) bond motifs is 1. The van der Waals surface area contributed by atoms with Crippen molar-refractivity contribution in [2.75, 3.05) is 76.7 Å². The number of hydrogen-bond donors (Lipinski definition) is 7. The highest BCUT2D eigenvalue weighted by Gasteiger charge is 2.25. The molecule has 1 saturated heterocycles. The summed E-state index contributed by atoms with van der Waals surface area (Å²) in [4.78, 5) is 67.4. The van der Waals surface area contributed by atoms with E-state index in [1.54, 1.807) is 37.8 Å². The van der Waals surface area contributed by atoms with Crippen LogP contribution < -0.4 is 21.7 Å². The minimum atomic E-state index is -4.60. The normalized spacial score (nSPS) is 14.2. The first-order chi connectivity index (χ1) is 34.3. The number of carboxylic acid groups (broad SMARTS) is 1. The number of aromatic hydroxyl groups is 1. The number of phenolic OH excluding ortho intramolecular Hbond substituents is 1. The molecular formula is C48H65N9O15S2. The number of aliphatic carboxylic acids is 1. The molecule has 0 unspecified atom stereocenters. The number of aryl methyl sites for hydroxylation is 2. The Balaban J connectivity index is 0.00000278. The van der Waals surface area contributed by atoms with Gasteiger partial charge in [0.2, 0.25) is 11.8 Å². The fourth-order valence-electron chi connectivity index (χ4n) is 7.63. The van der Waals surface area contributed by atoms with Crippen LogP contribution in [0.15, 0.2) is 75.8 Å². The van der Waals surface area contributed by atoms with Crippen LogP contribution in [0.5, 0.6) is 5.75 Å². The van der Waals surface area contributed by atoms with Gasteiger partial charge < -0.3 is 41.4 Å². The van der Waals surface area contributed by atoms with Crippen molar-refractivity contribution in [3.63, 3.8) is 0 Å². The zero-order valence-corrected chi connectivity index (χ0v) is 42.6. The second kappa shape index (κ2) is 28.4. The highest BCUT2D eigenvalue weighted by Crippen LogP contribution is 2.41. The predicted octanol–water partition coefficient (Wildman–Crippen LogP) is 4.96. The third-order valence-electron chi connectivity index (χ3n) is 11.2. The van der Waals surface area contributed by atoms with Crippen LogP contribution in [0.1, 0.15) is 58.6 Å². The quantitative estimate of drug-likeness (QED) is 0.0214. The Hall–Kier alpha value is -7.10. The maximum Gasteiger partial charge on any atom is 0.425 e. The zero-order chi connectivity index (χ0) is 54.0. The molecule has 4 aromatic carbocycles. The van der Waals surface area contributed by atoms with Crippen LogP contribution in [0.3, 0.4) is 0 Å². The molecule has 0 saturated carbocycles. The minimum Gasteiger partial charge on any atom is -0.505 e. The smallest absolute Gasteiger partial charge is 0.425 e. The van der Waals surface area contributed by atoms with Crippen molar-refractivity contribution in [2.45, 2.75) is 77.8 Å². The molecule has 1 aliphatic rings. The highest BCUT2D eigenvalue weighted by atomic mass is 32.2. The van der Waals surface area contributed by atoms with Crippen molar-refractivity contribution in [3.05, 3.63) is 71.8 Å². The number of unbranched alkanes of at least 4 members (excludes halogenated alkanes) is 1. The minimum absolute atomic E-state index is 0. The first-order valence-electron chi connectivity index (χ1n) is 22.8. The Morgan fingerprint density at radius 1 is 0.838 bits per heavy atom. The van der Waals surface area contributed by atoms with Gasteiger partial charge in [-0.05, 0) is 119 Å². The second-order valence-corrected chi connectivity index (χ2v) is 19.7. The Kier molecular flexibility index (Phi) is 23.5. The van der Waals surface area contributed by atoms with E-state index in [1.807, 2.05) is 47.9 Å². The van der Waals surface area contributed by atoms with Gasteiger partial charge in [-0.15, -0.1) is 17.7 Å². The number of benzene rings is 4. The number of phenols is 1.